The highest BCUT2D eigenvalue weighted by molar-refractivity contribution is 5.92. The summed E-state index contributed by atoms with van der Waals surface area (Å²) in [5.74, 6) is 1.26. The summed E-state index contributed by atoms with van der Waals surface area (Å²) in [5.41, 5.74) is 3.46. The zero-order valence-corrected chi connectivity index (χ0v) is 16.1. The number of benzene rings is 2. The Morgan fingerprint density at radius 1 is 1.00 bits per heavy atom. The van der Waals surface area contributed by atoms with E-state index < -0.39 is 0 Å². The van der Waals surface area contributed by atoms with Gasteiger partial charge in [0.2, 0.25) is 0 Å². The molecule has 0 saturated carbocycles. The molecule has 3 rings (SSSR count). The molecule has 28 heavy (non-hydrogen) atoms. The SMILES string of the molecule is CCc1ccc(OCC(=O)Nc2ncccc2OCc2ccccc2C)cc1. The Balaban J connectivity index is 1.57. The van der Waals surface area contributed by atoms with E-state index in [1.807, 2.05) is 55.5 Å². The lowest BCUT2D eigenvalue weighted by Crippen LogP contribution is -2.21. The summed E-state index contributed by atoms with van der Waals surface area (Å²) in [6.07, 6.45) is 2.58. The first-order chi connectivity index (χ1) is 13.7. The lowest BCUT2D eigenvalue weighted by Gasteiger charge is -2.13. The number of hydrogen-bond donors (Lipinski definition) is 1. The van der Waals surface area contributed by atoms with Gasteiger partial charge in [-0.15, -0.1) is 0 Å². The number of nitrogens with one attached hydrogen (secondary N) is 1. The van der Waals surface area contributed by atoms with Crippen LogP contribution in [-0.2, 0) is 17.8 Å². The first-order valence-corrected chi connectivity index (χ1v) is 9.29. The number of aromatic nitrogens is 1. The van der Waals surface area contributed by atoms with Crippen molar-refractivity contribution in [1.29, 1.82) is 0 Å². The van der Waals surface area contributed by atoms with Gasteiger partial charge in [-0.3, -0.25) is 4.79 Å². The summed E-state index contributed by atoms with van der Waals surface area (Å²) in [4.78, 5) is 16.5. The molecule has 0 aliphatic rings. The van der Waals surface area contributed by atoms with E-state index in [-0.39, 0.29) is 12.5 Å². The van der Waals surface area contributed by atoms with E-state index >= 15 is 0 Å². The number of nitrogens with zero attached hydrogens (tertiary/aromatic N) is 1. The van der Waals surface area contributed by atoms with E-state index in [0.29, 0.717) is 23.9 Å². The van der Waals surface area contributed by atoms with Gasteiger partial charge in [0.05, 0.1) is 0 Å². The van der Waals surface area contributed by atoms with Gasteiger partial charge >= 0.3 is 0 Å². The van der Waals surface area contributed by atoms with Crippen molar-refractivity contribution >= 4 is 11.7 Å². The van der Waals surface area contributed by atoms with E-state index in [2.05, 4.69) is 17.2 Å². The van der Waals surface area contributed by atoms with Crippen molar-refractivity contribution in [1.82, 2.24) is 4.98 Å². The van der Waals surface area contributed by atoms with Gasteiger partial charge < -0.3 is 14.8 Å². The monoisotopic (exact) mass is 376 g/mol. The molecule has 0 bridgehead atoms. The van der Waals surface area contributed by atoms with E-state index in [0.717, 1.165) is 17.5 Å². The Hall–Kier alpha value is -3.34. The fourth-order valence-corrected chi connectivity index (χ4v) is 2.67. The molecule has 1 amide bonds. The summed E-state index contributed by atoms with van der Waals surface area (Å²) in [6, 6.07) is 19.3. The molecule has 0 radical (unpaired) electrons. The third-order valence-corrected chi connectivity index (χ3v) is 4.37. The zero-order chi connectivity index (χ0) is 19.8. The van der Waals surface area contributed by atoms with Crippen LogP contribution >= 0.6 is 0 Å². The first-order valence-electron chi connectivity index (χ1n) is 9.29. The lowest BCUT2D eigenvalue weighted by atomic mass is 10.1. The summed E-state index contributed by atoms with van der Waals surface area (Å²) in [6.45, 7) is 4.44. The number of aryl methyl sites for hydroxylation is 2. The highest BCUT2D eigenvalue weighted by Gasteiger charge is 2.10. The number of anilines is 1. The van der Waals surface area contributed by atoms with Gasteiger partial charge in [-0.1, -0.05) is 43.3 Å². The zero-order valence-electron chi connectivity index (χ0n) is 16.1. The standard InChI is InChI=1S/C23H24N2O3/c1-3-18-10-12-20(13-11-18)27-16-22(26)25-23-21(9-6-14-24-23)28-15-19-8-5-4-7-17(19)2/h4-14H,3,15-16H2,1-2H3,(H,24,25,26). The number of rotatable bonds is 8. The van der Waals surface area contributed by atoms with Crippen LogP contribution in [0.5, 0.6) is 11.5 Å². The first kappa shape index (κ1) is 19.4. The minimum atomic E-state index is -0.293. The third kappa shape index (κ3) is 5.33. The van der Waals surface area contributed by atoms with Crippen LogP contribution in [0.3, 0.4) is 0 Å². The normalized spacial score (nSPS) is 10.4. The molecule has 0 atom stereocenters. The van der Waals surface area contributed by atoms with E-state index in [1.165, 1.54) is 5.56 Å². The smallest absolute Gasteiger partial charge is 0.263 e. The van der Waals surface area contributed by atoms with Crippen LogP contribution in [-0.4, -0.2) is 17.5 Å². The molecule has 0 unspecified atom stereocenters. The topological polar surface area (TPSA) is 60.5 Å². The lowest BCUT2D eigenvalue weighted by molar-refractivity contribution is -0.118. The van der Waals surface area contributed by atoms with Crippen LogP contribution in [0.25, 0.3) is 0 Å². The highest BCUT2D eigenvalue weighted by atomic mass is 16.5. The van der Waals surface area contributed by atoms with Crippen molar-refractivity contribution in [3.05, 3.63) is 83.6 Å². The van der Waals surface area contributed by atoms with Crippen LogP contribution in [0.1, 0.15) is 23.6 Å². The van der Waals surface area contributed by atoms with E-state index in [4.69, 9.17) is 9.47 Å². The Morgan fingerprint density at radius 2 is 1.79 bits per heavy atom. The number of carbonyl (C=O) groups is 1. The van der Waals surface area contributed by atoms with Crippen LogP contribution in [0.15, 0.2) is 66.9 Å². The van der Waals surface area contributed by atoms with Crippen LogP contribution in [0.4, 0.5) is 5.82 Å². The van der Waals surface area contributed by atoms with Gasteiger partial charge in [0, 0.05) is 6.20 Å². The highest BCUT2D eigenvalue weighted by Crippen LogP contribution is 2.23. The van der Waals surface area contributed by atoms with Gasteiger partial charge in [0.1, 0.15) is 12.4 Å². The maximum atomic E-state index is 12.3. The van der Waals surface area contributed by atoms with Crippen molar-refractivity contribution in [3.8, 4) is 11.5 Å². The van der Waals surface area contributed by atoms with Crippen LogP contribution in [0, 0.1) is 6.92 Å². The van der Waals surface area contributed by atoms with E-state index in [9.17, 15) is 4.79 Å². The molecule has 144 valence electrons. The maximum absolute atomic E-state index is 12.3. The van der Waals surface area contributed by atoms with Crippen molar-refractivity contribution in [3.63, 3.8) is 0 Å². The molecular formula is C23H24N2O3. The molecule has 5 heteroatoms. The van der Waals surface area contributed by atoms with Crippen molar-refractivity contribution in [2.24, 2.45) is 0 Å². The number of hydrogen-bond acceptors (Lipinski definition) is 4. The van der Waals surface area contributed by atoms with Gasteiger partial charge in [0.15, 0.2) is 18.2 Å². The molecule has 3 aromatic rings. The number of ether oxygens (including phenoxy) is 2. The fraction of sp³-hybridized carbons (Fsp3) is 0.217. The van der Waals surface area contributed by atoms with Crippen LogP contribution < -0.4 is 14.8 Å². The summed E-state index contributed by atoms with van der Waals surface area (Å²) in [7, 11) is 0. The molecule has 1 heterocycles. The average molecular weight is 376 g/mol. The van der Waals surface area contributed by atoms with E-state index in [1.54, 1.807) is 18.3 Å². The van der Waals surface area contributed by atoms with Gasteiger partial charge in [-0.2, -0.15) is 0 Å². The molecule has 0 fully saturated rings. The van der Waals surface area contributed by atoms with Crippen molar-refractivity contribution in [2.45, 2.75) is 26.9 Å². The second-order valence-electron chi connectivity index (χ2n) is 6.40. The van der Waals surface area contributed by atoms with Crippen molar-refractivity contribution in [2.75, 3.05) is 11.9 Å². The number of amides is 1. The van der Waals surface area contributed by atoms with Gasteiger partial charge in [-0.25, -0.2) is 4.98 Å². The summed E-state index contributed by atoms with van der Waals surface area (Å²) >= 11 is 0. The maximum Gasteiger partial charge on any atom is 0.263 e. The number of pyridine rings is 1. The predicted octanol–water partition coefficient (Wildman–Crippen LogP) is 4.55. The summed E-state index contributed by atoms with van der Waals surface area (Å²) in [5, 5.41) is 2.75. The minimum absolute atomic E-state index is 0.0979. The molecular weight excluding hydrogens is 352 g/mol. The fourth-order valence-electron chi connectivity index (χ4n) is 2.67. The second kappa shape index (κ2) is 9.55. The number of carbonyl (C=O) groups excluding carboxylic acids is 1. The van der Waals surface area contributed by atoms with Crippen LogP contribution in [0.2, 0.25) is 0 Å². The quantitative estimate of drug-likeness (QED) is 0.627. The Kier molecular flexibility index (Phi) is 6.63. The summed E-state index contributed by atoms with van der Waals surface area (Å²) < 4.78 is 11.4. The average Bonchev–Trinajstić information content (AvgIpc) is 2.73. The molecule has 1 N–H and O–H groups in total. The Morgan fingerprint density at radius 3 is 2.54 bits per heavy atom. The second-order valence-corrected chi connectivity index (χ2v) is 6.40. The van der Waals surface area contributed by atoms with Gasteiger partial charge in [-0.05, 0) is 54.3 Å². The largest absolute Gasteiger partial charge is 0.485 e. The predicted molar refractivity (Wildman–Crippen MR) is 110 cm³/mol. The molecule has 0 aliphatic heterocycles. The molecule has 0 aliphatic carbocycles. The molecule has 0 spiro atoms. The Labute approximate surface area is 165 Å². The Bertz CT molecular complexity index is 923. The molecule has 5 nitrogen and oxygen atoms in total. The minimum Gasteiger partial charge on any atom is -0.485 e. The molecule has 2 aromatic carbocycles. The van der Waals surface area contributed by atoms with Gasteiger partial charge in [0.25, 0.3) is 5.91 Å². The molecule has 0 saturated heterocycles. The molecule has 1 aromatic heterocycles. The van der Waals surface area contributed by atoms with Crippen molar-refractivity contribution < 1.29 is 14.3 Å². The third-order valence-electron chi connectivity index (χ3n) is 4.37.